The summed E-state index contributed by atoms with van der Waals surface area (Å²) in [5.74, 6) is -0.943. The van der Waals surface area contributed by atoms with E-state index in [0.29, 0.717) is 5.69 Å². The number of hydrogen-bond acceptors (Lipinski definition) is 4. The zero-order chi connectivity index (χ0) is 14.7. The van der Waals surface area contributed by atoms with Crippen molar-refractivity contribution in [2.24, 2.45) is 0 Å². The van der Waals surface area contributed by atoms with Crippen LogP contribution in [0.1, 0.15) is 36.6 Å². The van der Waals surface area contributed by atoms with E-state index in [1.807, 2.05) is 0 Å². The summed E-state index contributed by atoms with van der Waals surface area (Å²) in [4.78, 5) is 22.4. The quantitative estimate of drug-likeness (QED) is 0.792. The van der Waals surface area contributed by atoms with Gasteiger partial charge in [-0.2, -0.15) is 5.10 Å². The highest BCUT2D eigenvalue weighted by Crippen LogP contribution is 2.40. The van der Waals surface area contributed by atoms with Crippen LogP contribution in [0.2, 0.25) is 0 Å². The normalized spacial score (nSPS) is 14.4. The van der Waals surface area contributed by atoms with Gasteiger partial charge in [0.05, 0.1) is 12.8 Å². The molecule has 0 atom stereocenters. The van der Waals surface area contributed by atoms with Gasteiger partial charge in [-0.25, -0.2) is 8.78 Å². The van der Waals surface area contributed by atoms with Crippen molar-refractivity contribution in [2.45, 2.75) is 31.7 Å². The number of carbonyl (C=O) groups is 2. The maximum atomic E-state index is 12.9. The van der Waals surface area contributed by atoms with Crippen molar-refractivity contribution in [3.05, 3.63) is 17.5 Å². The first-order valence-corrected chi connectivity index (χ1v) is 6.20. The molecule has 1 aromatic rings. The molecule has 0 bridgehead atoms. The van der Waals surface area contributed by atoms with Crippen LogP contribution in [-0.2, 0) is 20.9 Å². The average Bonchev–Trinajstić information content (AvgIpc) is 3.17. The molecule has 0 spiro atoms. The molecular formula is C12H15F2N3O3. The molecule has 1 saturated carbocycles. The molecule has 6 nitrogen and oxygen atoms in total. The fourth-order valence-electron chi connectivity index (χ4n) is 1.77. The highest BCUT2D eigenvalue weighted by molar-refractivity contribution is 5.81. The van der Waals surface area contributed by atoms with E-state index in [1.165, 1.54) is 13.2 Å². The van der Waals surface area contributed by atoms with Gasteiger partial charge in [0.1, 0.15) is 18.8 Å². The van der Waals surface area contributed by atoms with Gasteiger partial charge in [0.25, 0.3) is 6.43 Å². The Morgan fingerprint density at radius 2 is 2.25 bits per heavy atom. The summed E-state index contributed by atoms with van der Waals surface area (Å²) in [5.41, 5.74) is 0.321. The third-order valence-corrected chi connectivity index (χ3v) is 3.00. The van der Waals surface area contributed by atoms with Gasteiger partial charge < -0.3 is 10.1 Å². The molecule has 0 aliphatic heterocycles. The van der Waals surface area contributed by atoms with Gasteiger partial charge >= 0.3 is 5.97 Å². The second-order valence-electron chi connectivity index (χ2n) is 4.58. The molecule has 0 saturated heterocycles. The van der Waals surface area contributed by atoms with Crippen LogP contribution >= 0.6 is 0 Å². The number of alkyl halides is 2. The number of amides is 1. The third kappa shape index (κ3) is 3.52. The second-order valence-corrected chi connectivity index (χ2v) is 4.58. The minimum atomic E-state index is -2.69. The molecule has 8 heteroatoms. The van der Waals surface area contributed by atoms with E-state index in [1.54, 1.807) is 0 Å². The molecule has 1 fully saturated rings. The lowest BCUT2D eigenvalue weighted by atomic mass is 10.3. The molecule has 1 aromatic heterocycles. The van der Waals surface area contributed by atoms with Crippen LogP contribution in [0.15, 0.2) is 6.07 Å². The first kappa shape index (κ1) is 14.4. The van der Waals surface area contributed by atoms with E-state index >= 15 is 0 Å². The molecule has 1 heterocycles. The summed E-state index contributed by atoms with van der Waals surface area (Å²) < 4.78 is 31.1. The predicted molar refractivity (Wildman–Crippen MR) is 64.2 cm³/mol. The minimum Gasteiger partial charge on any atom is -0.468 e. The molecule has 1 aliphatic carbocycles. The van der Waals surface area contributed by atoms with E-state index in [9.17, 15) is 18.4 Å². The zero-order valence-corrected chi connectivity index (χ0v) is 10.9. The first-order valence-electron chi connectivity index (χ1n) is 6.20. The van der Waals surface area contributed by atoms with E-state index < -0.39 is 18.3 Å². The van der Waals surface area contributed by atoms with Crippen LogP contribution < -0.4 is 5.32 Å². The van der Waals surface area contributed by atoms with Crippen LogP contribution in [-0.4, -0.2) is 35.3 Å². The third-order valence-electron chi connectivity index (χ3n) is 3.00. The lowest BCUT2D eigenvalue weighted by molar-refractivity contribution is -0.141. The van der Waals surface area contributed by atoms with Crippen LogP contribution in [0.5, 0.6) is 0 Å². The van der Waals surface area contributed by atoms with Crippen LogP contribution in [0.25, 0.3) is 0 Å². The Hall–Kier alpha value is -1.99. The number of esters is 1. The Kier molecular flexibility index (Phi) is 4.31. The summed E-state index contributed by atoms with van der Waals surface area (Å²) in [6, 6.07) is 1.34. The highest BCUT2D eigenvalue weighted by Gasteiger charge is 2.29. The zero-order valence-electron chi connectivity index (χ0n) is 10.9. The Morgan fingerprint density at radius 3 is 2.80 bits per heavy atom. The summed E-state index contributed by atoms with van der Waals surface area (Å²) in [7, 11) is 1.19. The number of rotatable bonds is 6. The standard InChI is InChI=1S/C12H15F2N3O3/c1-20-11(19)5-15-10(18)6-17-9(12(13)14)4-8(16-17)7-2-3-7/h4,7,12H,2-3,5-6H2,1H3,(H,15,18). The molecule has 1 aliphatic rings. The molecule has 2 rings (SSSR count). The number of halogens is 2. The van der Waals surface area contributed by atoms with Crippen molar-refractivity contribution in [3.63, 3.8) is 0 Å². The van der Waals surface area contributed by atoms with E-state index in [4.69, 9.17) is 0 Å². The topological polar surface area (TPSA) is 73.2 Å². The number of nitrogens with one attached hydrogen (secondary N) is 1. The van der Waals surface area contributed by atoms with Crippen LogP contribution in [0.4, 0.5) is 8.78 Å². The fraction of sp³-hybridized carbons (Fsp3) is 0.583. The first-order chi connectivity index (χ1) is 9.51. The van der Waals surface area contributed by atoms with Crippen molar-refractivity contribution in [3.8, 4) is 0 Å². The van der Waals surface area contributed by atoms with Gasteiger partial charge in [-0.3, -0.25) is 14.3 Å². The molecule has 0 aromatic carbocycles. The molecule has 0 radical (unpaired) electrons. The van der Waals surface area contributed by atoms with Crippen molar-refractivity contribution in [1.29, 1.82) is 0 Å². The molecule has 0 unspecified atom stereocenters. The monoisotopic (exact) mass is 287 g/mol. The summed E-state index contributed by atoms with van der Waals surface area (Å²) in [6.07, 6.45) is -0.814. The van der Waals surface area contributed by atoms with Gasteiger partial charge in [-0.1, -0.05) is 0 Å². The Labute approximate surface area is 114 Å². The van der Waals surface area contributed by atoms with Crippen molar-refractivity contribution in [1.82, 2.24) is 15.1 Å². The van der Waals surface area contributed by atoms with Gasteiger partial charge in [0, 0.05) is 5.92 Å². The number of methoxy groups -OCH3 is 1. The fourth-order valence-corrected chi connectivity index (χ4v) is 1.77. The van der Waals surface area contributed by atoms with E-state index in [2.05, 4.69) is 15.2 Å². The Bertz CT molecular complexity index is 512. The largest absolute Gasteiger partial charge is 0.468 e. The number of carbonyl (C=O) groups excluding carboxylic acids is 2. The number of hydrogen-bond donors (Lipinski definition) is 1. The van der Waals surface area contributed by atoms with Crippen molar-refractivity contribution >= 4 is 11.9 Å². The summed E-state index contributed by atoms with van der Waals surface area (Å²) in [6.45, 7) is -0.639. The molecular weight excluding hydrogens is 272 g/mol. The van der Waals surface area contributed by atoms with E-state index in [0.717, 1.165) is 17.5 Å². The molecule has 110 valence electrons. The summed E-state index contributed by atoms with van der Waals surface area (Å²) in [5, 5.41) is 6.32. The van der Waals surface area contributed by atoms with Crippen LogP contribution in [0.3, 0.4) is 0 Å². The molecule has 1 amide bonds. The van der Waals surface area contributed by atoms with Gasteiger partial charge in [0.2, 0.25) is 5.91 Å². The minimum absolute atomic E-state index is 0.229. The second kappa shape index (κ2) is 5.98. The Balaban J connectivity index is 2.00. The molecule has 20 heavy (non-hydrogen) atoms. The lowest BCUT2D eigenvalue weighted by Crippen LogP contribution is -2.33. The highest BCUT2D eigenvalue weighted by atomic mass is 19.3. The average molecular weight is 287 g/mol. The van der Waals surface area contributed by atoms with Gasteiger partial charge in [-0.15, -0.1) is 0 Å². The van der Waals surface area contributed by atoms with E-state index in [-0.39, 0.29) is 24.7 Å². The van der Waals surface area contributed by atoms with Gasteiger partial charge in [0.15, 0.2) is 0 Å². The van der Waals surface area contributed by atoms with Gasteiger partial charge in [-0.05, 0) is 18.9 Å². The maximum absolute atomic E-state index is 12.9. The number of aromatic nitrogens is 2. The maximum Gasteiger partial charge on any atom is 0.325 e. The van der Waals surface area contributed by atoms with Crippen molar-refractivity contribution in [2.75, 3.05) is 13.7 Å². The van der Waals surface area contributed by atoms with Crippen molar-refractivity contribution < 1.29 is 23.1 Å². The molecule has 1 N–H and O–H groups in total. The number of nitrogens with zero attached hydrogens (tertiary/aromatic N) is 2. The lowest BCUT2D eigenvalue weighted by Gasteiger charge is -2.07. The van der Waals surface area contributed by atoms with Crippen LogP contribution in [0, 0.1) is 0 Å². The number of ether oxygens (including phenoxy) is 1. The Morgan fingerprint density at radius 1 is 1.55 bits per heavy atom. The SMILES string of the molecule is COC(=O)CNC(=O)Cn1nc(C2CC2)cc1C(F)F. The smallest absolute Gasteiger partial charge is 0.325 e. The predicted octanol–water partition coefficient (Wildman–Crippen LogP) is 0.987. The summed E-state index contributed by atoms with van der Waals surface area (Å²) >= 11 is 0.